The molecule has 0 radical (unpaired) electrons. The van der Waals surface area contributed by atoms with Crippen LogP contribution in [0, 0.1) is 6.92 Å². The van der Waals surface area contributed by atoms with E-state index in [9.17, 15) is 4.79 Å². The van der Waals surface area contributed by atoms with Gasteiger partial charge in [0.25, 0.3) is 0 Å². The van der Waals surface area contributed by atoms with Gasteiger partial charge in [0.1, 0.15) is 5.65 Å². The standard InChI is InChI=1S/C17H16N4O2/c1-11-9-21-10-13(3-5-15(21)19-11)12-2-4-14(18-8-12)17(6-7-17)20-16(22)23/h2-5,8-10,20H,6-7H2,1H3,(H,22,23). The lowest BCUT2D eigenvalue weighted by Gasteiger charge is -2.14. The van der Waals surface area contributed by atoms with Crippen LogP contribution >= 0.6 is 0 Å². The van der Waals surface area contributed by atoms with Crippen molar-refractivity contribution in [1.29, 1.82) is 0 Å². The van der Waals surface area contributed by atoms with Gasteiger partial charge >= 0.3 is 6.09 Å². The zero-order chi connectivity index (χ0) is 16.0. The first-order chi connectivity index (χ1) is 11.1. The number of hydrogen-bond acceptors (Lipinski definition) is 3. The second-order valence-corrected chi connectivity index (χ2v) is 6.01. The number of hydrogen-bond donors (Lipinski definition) is 2. The summed E-state index contributed by atoms with van der Waals surface area (Å²) in [6.45, 7) is 1.97. The smallest absolute Gasteiger partial charge is 0.405 e. The summed E-state index contributed by atoms with van der Waals surface area (Å²) < 4.78 is 1.99. The summed E-state index contributed by atoms with van der Waals surface area (Å²) in [5.41, 5.74) is 4.22. The molecule has 1 aliphatic rings. The molecule has 1 saturated carbocycles. The van der Waals surface area contributed by atoms with Gasteiger partial charge in [-0.1, -0.05) is 6.07 Å². The number of carbonyl (C=O) groups is 1. The van der Waals surface area contributed by atoms with Crippen molar-refractivity contribution in [3.05, 3.63) is 54.2 Å². The van der Waals surface area contributed by atoms with Gasteiger partial charge in [0, 0.05) is 24.2 Å². The SMILES string of the molecule is Cc1cn2cc(-c3ccc(C4(NC(=O)O)CC4)nc3)ccc2n1. The lowest BCUT2D eigenvalue weighted by Crippen LogP contribution is -2.34. The average Bonchev–Trinajstić information content (AvgIpc) is 3.19. The third-order valence-corrected chi connectivity index (χ3v) is 4.25. The monoisotopic (exact) mass is 308 g/mol. The van der Waals surface area contributed by atoms with E-state index >= 15 is 0 Å². The Bertz CT molecular complexity index is 895. The summed E-state index contributed by atoms with van der Waals surface area (Å²) in [6.07, 6.45) is 6.39. The molecule has 0 saturated heterocycles. The van der Waals surface area contributed by atoms with Crippen LogP contribution in [0.1, 0.15) is 24.2 Å². The van der Waals surface area contributed by atoms with Crippen molar-refractivity contribution in [2.45, 2.75) is 25.3 Å². The molecule has 0 aliphatic heterocycles. The fraction of sp³-hybridized carbons (Fsp3) is 0.235. The third kappa shape index (κ3) is 2.42. The first-order valence-corrected chi connectivity index (χ1v) is 7.49. The second-order valence-electron chi connectivity index (χ2n) is 6.01. The normalized spacial score (nSPS) is 15.5. The van der Waals surface area contributed by atoms with Gasteiger partial charge in [-0.25, -0.2) is 9.78 Å². The number of pyridine rings is 2. The number of carboxylic acid groups (broad SMARTS) is 1. The molecule has 3 heterocycles. The van der Waals surface area contributed by atoms with E-state index in [1.54, 1.807) is 6.20 Å². The largest absolute Gasteiger partial charge is 0.465 e. The number of amides is 1. The van der Waals surface area contributed by atoms with Gasteiger partial charge in [-0.15, -0.1) is 0 Å². The lowest BCUT2D eigenvalue weighted by molar-refractivity contribution is 0.188. The van der Waals surface area contributed by atoms with Crippen LogP contribution < -0.4 is 5.32 Å². The number of nitrogens with zero attached hydrogens (tertiary/aromatic N) is 3. The Morgan fingerprint density at radius 2 is 2.00 bits per heavy atom. The van der Waals surface area contributed by atoms with Crippen molar-refractivity contribution < 1.29 is 9.90 Å². The molecule has 2 N–H and O–H groups in total. The fourth-order valence-corrected chi connectivity index (χ4v) is 2.91. The lowest BCUT2D eigenvalue weighted by atomic mass is 10.1. The van der Waals surface area contributed by atoms with Crippen LogP contribution in [0.2, 0.25) is 0 Å². The van der Waals surface area contributed by atoms with Crippen LogP contribution in [0.5, 0.6) is 0 Å². The maximum Gasteiger partial charge on any atom is 0.405 e. The number of rotatable bonds is 3. The van der Waals surface area contributed by atoms with Crippen LogP contribution in [0.3, 0.4) is 0 Å². The Kier molecular flexibility index (Phi) is 2.87. The molecule has 1 amide bonds. The summed E-state index contributed by atoms with van der Waals surface area (Å²) in [7, 11) is 0. The summed E-state index contributed by atoms with van der Waals surface area (Å²) in [6, 6.07) is 7.88. The molecule has 4 rings (SSSR count). The Morgan fingerprint density at radius 1 is 1.22 bits per heavy atom. The predicted octanol–water partition coefficient (Wildman–Crippen LogP) is 2.96. The van der Waals surface area contributed by atoms with Crippen molar-refractivity contribution in [3.8, 4) is 11.1 Å². The molecule has 0 bridgehead atoms. The van der Waals surface area contributed by atoms with E-state index < -0.39 is 11.6 Å². The quantitative estimate of drug-likeness (QED) is 0.779. The molecule has 6 nitrogen and oxygen atoms in total. The van der Waals surface area contributed by atoms with Gasteiger partial charge in [0.2, 0.25) is 0 Å². The fourth-order valence-electron chi connectivity index (χ4n) is 2.91. The Balaban J connectivity index is 1.65. The zero-order valence-corrected chi connectivity index (χ0v) is 12.7. The summed E-state index contributed by atoms with van der Waals surface area (Å²) in [5.74, 6) is 0. The molecule has 0 aromatic carbocycles. The summed E-state index contributed by atoms with van der Waals surface area (Å²) in [4.78, 5) is 19.8. The van der Waals surface area contributed by atoms with Crippen molar-refractivity contribution in [1.82, 2.24) is 19.7 Å². The molecule has 1 aliphatic carbocycles. The number of aryl methyl sites for hydroxylation is 1. The van der Waals surface area contributed by atoms with Gasteiger partial charge in [0.15, 0.2) is 0 Å². The van der Waals surface area contributed by atoms with E-state index in [2.05, 4.69) is 15.3 Å². The van der Waals surface area contributed by atoms with Gasteiger partial charge in [-0.3, -0.25) is 4.98 Å². The molecular formula is C17H16N4O2. The van der Waals surface area contributed by atoms with E-state index in [1.165, 1.54) is 0 Å². The molecule has 0 spiro atoms. The molecule has 6 heteroatoms. The molecule has 23 heavy (non-hydrogen) atoms. The number of fused-ring (bicyclic) bond motifs is 1. The molecule has 1 fully saturated rings. The van der Waals surface area contributed by atoms with Crippen molar-refractivity contribution in [2.24, 2.45) is 0 Å². The summed E-state index contributed by atoms with van der Waals surface area (Å²) >= 11 is 0. The molecule has 3 aromatic rings. The van der Waals surface area contributed by atoms with Gasteiger partial charge in [-0.05, 0) is 43.5 Å². The Hall–Kier alpha value is -2.89. The maximum atomic E-state index is 10.9. The second kappa shape index (κ2) is 4.81. The third-order valence-electron chi connectivity index (χ3n) is 4.25. The van der Waals surface area contributed by atoms with Crippen LogP contribution in [0.15, 0.2) is 42.9 Å². The molecule has 3 aromatic heterocycles. The molecule has 0 atom stereocenters. The van der Waals surface area contributed by atoms with E-state index in [0.717, 1.165) is 41.0 Å². The Morgan fingerprint density at radius 3 is 2.65 bits per heavy atom. The zero-order valence-electron chi connectivity index (χ0n) is 12.7. The number of aromatic nitrogens is 3. The van der Waals surface area contributed by atoms with Gasteiger partial charge < -0.3 is 14.8 Å². The molecule has 116 valence electrons. The van der Waals surface area contributed by atoms with E-state index in [4.69, 9.17) is 5.11 Å². The minimum Gasteiger partial charge on any atom is -0.465 e. The van der Waals surface area contributed by atoms with E-state index in [-0.39, 0.29) is 0 Å². The minimum absolute atomic E-state index is 0.490. The average molecular weight is 308 g/mol. The number of nitrogens with one attached hydrogen (secondary N) is 1. The van der Waals surface area contributed by atoms with Crippen LogP contribution in [-0.4, -0.2) is 25.6 Å². The summed E-state index contributed by atoms with van der Waals surface area (Å²) in [5, 5.41) is 11.5. The predicted molar refractivity (Wildman–Crippen MR) is 85.2 cm³/mol. The highest BCUT2D eigenvalue weighted by Gasteiger charge is 2.47. The van der Waals surface area contributed by atoms with E-state index in [0.29, 0.717) is 0 Å². The Labute approximate surface area is 132 Å². The topological polar surface area (TPSA) is 79.5 Å². The molecule has 0 unspecified atom stereocenters. The van der Waals surface area contributed by atoms with Gasteiger partial charge in [0.05, 0.1) is 16.9 Å². The first-order valence-electron chi connectivity index (χ1n) is 7.49. The van der Waals surface area contributed by atoms with Crippen LogP contribution in [-0.2, 0) is 5.54 Å². The highest BCUT2D eigenvalue weighted by molar-refractivity contribution is 5.67. The highest BCUT2D eigenvalue weighted by Crippen LogP contribution is 2.44. The van der Waals surface area contributed by atoms with Gasteiger partial charge in [-0.2, -0.15) is 0 Å². The maximum absolute atomic E-state index is 10.9. The van der Waals surface area contributed by atoms with Crippen LogP contribution in [0.4, 0.5) is 4.79 Å². The minimum atomic E-state index is -1.01. The van der Waals surface area contributed by atoms with E-state index in [1.807, 2.05) is 48.0 Å². The highest BCUT2D eigenvalue weighted by atomic mass is 16.4. The van der Waals surface area contributed by atoms with Crippen molar-refractivity contribution in [2.75, 3.05) is 0 Å². The number of imidazole rings is 1. The first kappa shape index (κ1) is 13.8. The molecular weight excluding hydrogens is 292 g/mol. The van der Waals surface area contributed by atoms with Crippen LogP contribution in [0.25, 0.3) is 16.8 Å². The van der Waals surface area contributed by atoms with Crippen molar-refractivity contribution >= 4 is 11.7 Å². The van der Waals surface area contributed by atoms with Crippen molar-refractivity contribution in [3.63, 3.8) is 0 Å².